The van der Waals surface area contributed by atoms with E-state index < -0.39 is 16.4 Å². The molecule has 0 radical (unpaired) electrons. The maximum absolute atomic E-state index is 9.71. The number of carbonyl (C=O) groups excluding carboxylic acids is 2. The highest BCUT2D eigenvalue weighted by Gasteiger charge is 1.98. The third kappa shape index (κ3) is 24.6. The molecule has 0 aliphatic heterocycles. The second-order valence-electron chi connectivity index (χ2n) is 1.42. The van der Waals surface area contributed by atoms with E-state index in [0.717, 1.165) is 6.26 Å². The van der Waals surface area contributed by atoms with Crippen molar-refractivity contribution >= 4 is 45.7 Å². The Kier molecular flexibility index (Phi) is 11.2. The van der Waals surface area contributed by atoms with E-state index in [9.17, 15) is 9.59 Å². The van der Waals surface area contributed by atoms with E-state index in [1.54, 1.807) is 0 Å². The van der Waals surface area contributed by atoms with Crippen molar-refractivity contribution in [2.45, 2.75) is 12.5 Å². The molecule has 1 unspecified atom stereocenters. The van der Waals surface area contributed by atoms with Crippen LogP contribution >= 0.6 is 34.8 Å². The van der Waals surface area contributed by atoms with E-state index in [2.05, 4.69) is 27.7 Å². The number of hydrogen-bond donors (Lipinski definition) is 0. The fourth-order valence-electron chi connectivity index (χ4n) is 0.193. The Bertz CT molecular complexity index is 181. The number of carbonyl (C=O) groups is 2. The molecule has 0 aromatic heterocycles. The van der Waals surface area contributed by atoms with Gasteiger partial charge in [-0.15, -0.1) is 0 Å². The normalized spacial score (nSPS) is 10.2. The van der Waals surface area contributed by atoms with Gasteiger partial charge in [-0.1, -0.05) is 18.2 Å². The summed E-state index contributed by atoms with van der Waals surface area (Å²) in [5.74, 6) is 0. The van der Waals surface area contributed by atoms with Crippen LogP contribution in [0, 0.1) is 0 Å². The highest BCUT2D eigenvalue weighted by atomic mass is 35.5. The lowest BCUT2D eigenvalue weighted by atomic mass is 10.9. The molecule has 0 heterocycles. The zero-order valence-electron chi connectivity index (χ0n) is 6.63. The van der Waals surface area contributed by atoms with Gasteiger partial charge in [0.1, 0.15) is 0 Å². The first-order valence-electron chi connectivity index (χ1n) is 2.87. The van der Waals surface area contributed by atoms with Gasteiger partial charge in [0.2, 0.25) is 0 Å². The predicted octanol–water partition coefficient (Wildman–Crippen LogP) is 3.45. The maximum atomic E-state index is 9.71. The van der Waals surface area contributed by atoms with Gasteiger partial charge in [-0.25, -0.2) is 9.59 Å². The van der Waals surface area contributed by atoms with Crippen LogP contribution in [-0.2, 0) is 9.47 Å². The van der Waals surface area contributed by atoms with E-state index in [-0.39, 0.29) is 0 Å². The molecule has 0 N–H and O–H groups in total. The molecule has 13 heavy (non-hydrogen) atoms. The molecule has 0 aromatic rings. The van der Waals surface area contributed by atoms with Crippen LogP contribution in [-0.4, -0.2) is 16.4 Å². The van der Waals surface area contributed by atoms with Crippen LogP contribution in [0.25, 0.3) is 0 Å². The van der Waals surface area contributed by atoms with Gasteiger partial charge in [0.25, 0.3) is 0 Å². The zero-order chi connectivity index (χ0) is 10.9. The highest BCUT2D eigenvalue weighted by Crippen LogP contribution is 1.98. The quantitative estimate of drug-likeness (QED) is 0.427. The Morgan fingerprint density at radius 1 is 1.38 bits per heavy atom. The van der Waals surface area contributed by atoms with Gasteiger partial charge in [0.15, 0.2) is 5.56 Å². The number of hydrogen-bond acceptors (Lipinski definition) is 4. The standard InChI is InChI=1S/C3H4Cl2O2.C3H3ClO2/c1-2(4)7-3(5)6;1-2-6-3(4)5/h2H,1H3;2H,1H2. The van der Waals surface area contributed by atoms with E-state index in [4.69, 9.17) is 23.2 Å². The molecular formula is C6H7Cl3O4. The Balaban J connectivity index is 0. The average molecular weight is 249 g/mol. The highest BCUT2D eigenvalue weighted by molar-refractivity contribution is 6.61. The molecular weight excluding hydrogens is 242 g/mol. The third-order valence-corrected chi connectivity index (χ3v) is 0.698. The summed E-state index contributed by atoms with van der Waals surface area (Å²) in [6, 6.07) is 0. The van der Waals surface area contributed by atoms with Crippen molar-refractivity contribution in [3.05, 3.63) is 12.8 Å². The van der Waals surface area contributed by atoms with E-state index in [1.165, 1.54) is 6.92 Å². The molecule has 0 fully saturated rings. The van der Waals surface area contributed by atoms with Crippen molar-refractivity contribution in [1.29, 1.82) is 0 Å². The first-order valence-corrected chi connectivity index (χ1v) is 4.06. The molecule has 1 atom stereocenters. The minimum absolute atomic E-state index is 0.634. The summed E-state index contributed by atoms with van der Waals surface area (Å²) < 4.78 is 8.07. The first kappa shape index (κ1) is 15.0. The Morgan fingerprint density at radius 3 is 1.85 bits per heavy atom. The minimum Gasteiger partial charge on any atom is -0.434 e. The molecule has 0 aliphatic rings. The van der Waals surface area contributed by atoms with E-state index in [1.807, 2.05) is 0 Å². The fourth-order valence-corrected chi connectivity index (χ4v) is 0.516. The third-order valence-electron chi connectivity index (χ3n) is 0.431. The minimum atomic E-state index is -0.873. The summed E-state index contributed by atoms with van der Waals surface area (Å²) >= 11 is 14.5. The monoisotopic (exact) mass is 248 g/mol. The van der Waals surface area contributed by atoms with Gasteiger partial charge in [-0.3, -0.25) is 0 Å². The lowest BCUT2D eigenvalue weighted by molar-refractivity contribution is 0.166. The molecule has 0 aliphatic carbocycles. The van der Waals surface area contributed by atoms with Crippen LogP contribution in [0.4, 0.5) is 9.59 Å². The van der Waals surface area contributed by atoms with Crippen LogP contribution in [0.2, 0.25) is 0 Å². The van der Waals surface area contributed by atoms with Crippen molar-refractivity contribution in [1.82, 2.24) is 0 Å². The lowest BCUT2D eigenvalue weighted by Crippen LogP contribution is -1.99. The molecule has 76 valence electrons. The molecule has 7 heteroatoms. The van der Waals surface area contributed by atoms with Gasteiger partial charge in [0, 0.05) is 23.2 Å². The second-order valence-corrected chi connectivity index (χ2v) is 2.65. The van der Waals surface area contributed by atoms with E-state index >= 15 is 0 Å². The summed E-state index contributed by atoms with van der Waals surface area (Å²) in [4.78, 5) is 19.2. The van der Waals surface area contributed by atoms with Crippen molar-refractivity contribution in [2.24, 2.45) is 0 Å². The van der Waals surface area contributed by atoms with Gasteiger partial charge >= 0.3 is 10.9 Å². The molecule has 0 aromatic carbocycles. The molecule has 0 saturated heterocycles. The van der Waals surface area contributed by atoms with Gasteiger partial charge in [-0.2, -0.15) is 0 Å². The Hall–Kier alpha value is -0.450. The molecule has 0 amide bonds. The number of halogens is 3. The first-order chi connectivity index (χ1) is 5.90. The van der Waals surface area contributed by atoms with Gasteiger partial charge < -0.3 is 9.47 Å². The Labute approximate surface area is 90.3 Å². The summed E-state index contributed by atoms with van der Waals surface area (Å²) in [5.41, 5.74) is -2.36. The molecule has 0 rings (SSSR count). The maximum Gasteiger partial charge on any atom is 0.408 e. The summed E-state index contributed by atoms with van der Waals surface area (Å²) in [5, 5.41) is 0. The van der Waals surface area contributed by atoms with Crippen molar-refractivity contribution in [3.8, 4) is 0 Å². The summed E-state index contributed by atoms with van der Waals surface area (Å²) in [7, 11) is 0. The molecule has 4 nitrogen and oxygen atoms in total. The number of rotatable bonds is 2. The smallest absolute Gasteiger partial charge is 0.408 e. The van der Waals surface area contributed by atoms with Crippen molar-refractivity contribution < 1.29 is 19.1 Å². The molecule has 0 spiro atoms. The van der Waals surface area contributed by atoms with Gasteiger partial charge in [-0.05, 0) is 6.92 Å². The van der Waals surface area contributed by atoms with Crippen LogP contribution in [0.15, 0.2) is 12.8 Å². The van der Waals surface area contributed by atoms with Crippen LogP contribution in [0.3, 0.4) is 0 Å². The largest absolute Gasteiger partial charge is 0.434 e. The molecule has 0 saturated carbocycles. The fraction of sp³-hybridized carbons (Fsp3) is 0.333. The van der Waals surface area contributed by atoms with Crippen LogP contribution in [0.5, 0.6) is 0 Å². The van der Waals surface area contributed by atoms with Gasteiger partial charge in [0.05, 0.1) is 6.26 Å². The predicted molar refractivity (Wildman–Crippen MR) is 50.2 cm³/mol. The summed E-state index contributed by atoms with van der Waals surface area (Å²) in [6.07, 6.45) is 0.968. The SMILES string of the molecule is C=COC(=O)Cl.CC(Cl)OC(=O)Cl. The topological polar surface area (TPSA) is 52.6 Å². The second kappa shape index (κ2) is 9.64. The zero-order valence-corrected chi connectivity index (χ0v) is 8.90. The van der Waals surface area contributed by atoms with E-state index in [0.29, 0.717) is 0 Å². The Morgan fingerprint density at radius 2 is 1.85 bits per heavy atom. The number of ether oxygens (including phenoxy) is 2. The van der Waals surface area contributed by atoms with Crippen LogP contribution in [0.1, 0.15) is 6.92 Å². The molecule has 0 bridgehead atoms. The van der Waals surface area contributed by atoms with Crippen LogP contribution < -0.4 is 0 Å². The summed E-state index contributed by atoms with van der Waals surface area (Å²) in [6.45, 7) is 4.58. The van der Waals surface area contributed by atoms with Crippen molar-refractivity contribution in [3.63, 3.8) is 0 Å². The van der Waals surface area contributed by atoms with Crippen molar-refractivity contribution in [2.75, 3.05) is 0 Å². The lowest BCUT2D eigenvalue weighted by Gasteiger charge is -1.97. The average Bonchev–Trinajstić information content (AvgIpc) is 1.83. The number of alkyl halides is 1.